The molecule has 1 atom stereocenters. The third-order valence-electron chi connectivity index (χ3n) is 5.69. The van der Waals surface area contributed by atoms with Gasteiger partial charge in [0.1, 0.15) is 11.5 Å². The summed E-state index contributed by atoms with van der Waals surface area (Å²) in [5.41, 5.74) is 1.89. The Kier molecular flexibility index (Phi) is 6.99. The number of hydrogen-bond acceptors (Lipinski definition) is 4. The van der Waals surface area contributed by atoms with E-state index in [-0.39, 0.29) is 11.6 Å². The lowest BCUT2D eigenvalue weighted by Gasteiger charge is -2.33. The molecule has 1 fully saturated rings. The van der Waals surface area contributed by atoms with Crippen LogP contribution >= 0.6 is 0 Å². The summed E-state index contributed by atoms with van der Waals surface area (Å²) >= 11 is 0. The van der Waals surface area contributed by atoms with Crippen LogP contribution in [0, 0.1) is 11.8 Å². The molecule has 0 aromatic heterocycles. The number of ketones is 2. The minimum absolute atomic E-state index is 0.0421. The highest BCUT2D eigenvalue weighted by Crippen LogP contribution is 2.28. The van der Waals surface area contributed by atoms with E-state index in [0.29, 0.717) is 23.7 Å². The minimum atomic E-state index is -0.558. The average molecular weight is 380 g/mol. The topological polar surface area (TPSA) is 46.6 Å². The van der Waals surface area contributed by atoms with Gasteiger partial charge < -0.3 is 4.74 Å². The van der Waals surface area contributed by atoms with Crippen molar-refractivity contribution in [1.82, 2.24) is 4.90 Å². The van der Waals surface area contributed by atoms with Crippen molar-refractivity contribution in [3.8, 4) is 5.75 Å². The number of Topliss-reactive ketones (excluding diaryl/α,β-unsaturated/α-hetero) is 2. The van der Waals surface area contributed by atoms with Crippen LogP contribution in [-0.2, 0) is 11.3 Å². The van der Waals surface area contributed by atoms with E-state index < -0.39 is 5.92 Å². The van der Waals surface area contributed by atoms with Crippen molar-refractivity contribution in [2.24, 2.45) is 11.8 Å². The molecule has 0 N–H and O–H groups in total. The normalized spacial score (nSPS) is 16.5. The fraction of sp³-hybridized carbons (Fsp3) is 0.417. The number of piperidine rings is 1. The Bertz CT molecular complexity index is 795. The fourth-order valence-electron chi connectivity index (χ4n) is 3.99. The van der Waals surface area contributed by atoms with Crippen LogP contribution in [0.5, 0.6) is 5.75 Å². The average Bonchev–Trinajstić information content (AvgIpc) is 2.73. The molecular formula is C24H29NO3. The molecule has 0 aliphatic carbocycles. The van der Waals surface area contributed by atoms with Gasteiger partial charge in [0.05, 0.1) is 13.0 Å². The third-order valence-corrected chi connectivity index (χ3v) is 5.69. The van der Waals surface area contributed by atoms with E-state index in [4.69, 9.17) is 4.74 Å². The van der Waals surface area contributed by atoms with E-state index >= 15 is 0 Å². The van der Waals surface area contributed by atoms with E-state index in [9.17, 15) is 9.59 Å². The number of carbonyl (C=O) groups is 2. The Morgan fingerprint density at radius 3 is 2.43 bits per heavy atom. The molecule has 28 heavy (non-hydrogen) atoms. The Hall–Kier alpha value is -2.46. The summed E-state index contributed by atoms with van der Waals surface area (Å²) < 4.78 is 5.21. The predicted molar refractivity (Wildman–Crippen MR) is 111 cm³/mol. The molecule has 0 amide bonds. The Morgan fingerprint density at radius 2 is 1.79 bits per heavy atom. The molecule has 4 heteroatoms. The maximum absolute atomic E-state index is 12.9. The van der Waals surface area contributed by atoms with Crippen molar-refractivity contribution >= 4 is 11.6 Å². The first-order valence-electron chi connectivity index (χ1n) is 10.0. The first-order valence-corrected chi connectivity index (χ1v) is 10.0. The molecule has 3 rings (SSSR count). The number of ether oxygens (including phenoxy) is 1. The summed E-state index contributed by atoms with van der Waals surface area (Å²) in [6.07, 6.45) is 2.70. The van der Waals surface area contributed by atoms with Crippen LogP contribution in [0.2, 0.25) is 0 Å². The Balaban J connectivity index is 1.58. The number of hydrogen-bond donors (Lipinski definition) is 0. The van der Waals surface area contributed by atoms with Crippen molar-refractivity contribution in [2.45, 2.75) is 32.7 Å². The van der Waals surface area contributed by atoms with E-state index in [1.165, 1.54) is 12.5 Å². The van der Waals surface area contributed by atoms with Crippen LogP contribution in [0.25, 0.3) is 0 Å². The molecule has 1 unspecified atom stereocenters. The maximum Gasteiger partial charge on any atom is 0.173 e. The molecule has 0 saturated carbocycles. The Labute approximate surface area is 167 Å². The van der Waals surface area contributed by atoms with Gasteiger partial charge in [0, 0.05) is 12.1 Å². The van der Waals surface area contributed by atoms with Gasteiger partial charge in [0.15, 0.2) is 5.78 Å². The second kappa shape index (κ2) is 9.65. The van der Waals surface area contributed by atoms with E-state index in [1.807, 2.05) is 12.1 Å². The molecule has 1 aliphatic heterocycles. The summed E-state index contributed by atoms with van der Waals surface area (Å²) in [4.78, 5) is 27.6. The van der Waals surface area contributed by atoms with E-state index in [1.54, 1.807) is 25.3 Å². The zero-order valence-electron chi connectivity index (χ0n) is 16.8. The predicted octanol–water partition coefficient (Wildman–Crippen LogP) is 4.39. The maximum atomic E-state index is 12.9. The molecule has 0 radical (unpaired) electrons. The number of rotatable bonds is 8. The van der Waals surface area contributed by atoms with Gasteiger partial charge in [-0.2, -0.15) is 0 Å². The number of methoxy groups -OCH3 is 1. The number of likely N-dealkylation sites (tertiary alicyclic amines) is 1. The van der Waals surface area contributed by atoms with Gasteiger partial charge in [-0.05, 0) is 62.9 Å². The lowest BCUT2D eigenvalue weighted by molar-refractivity contribution is -0.119. The molecule has 0 spiro atoms. The second-order valence-electron chi connectivity index (χ2n) is 7.70. The SMILES string of the molecule is COc1cccc(C(=O)C(CC2CCN(Cc3ccccc3)CC2)C(C)=O)c1. The van der Waals surface area contributed by atoms with Crippen LogP contribution < -0.4 is 4.74 Å². The summed E-state index contributed by atoms with van der Waals surface area (Å²) in [7, 11) is 1.58. The van der Waals surface area contributed by atoms with Crippen molar-refractivity contribution in [1.29, 1.82) is 0 Å². The van der Waals surface area contributed by atoms with Crippen LogP contribution in [0.3, 0.4) is 0 Å². The largest absolute Gasteiger partial charge is 0.497 e. The quantitative estimate of drug-likeness (QED) is 0.504. The zero-order valence-corrected chi connectivity index (χ0v) is 16.8. The van der Waals surface area contributed by atoms with Crippen LogP contribution in [0.15, 0.2) is 54.6 Å². The van der Waals surface area contributed by atoms with E-state index in [2.05, 4.69) is 29.2 Å². The van der Waals surface area contributed by atoms with Crippen molar-refractivity contribution in [3.63, 3.8) is 0 Å². The van der Waals surface area contributed by atoms with Crippen LogP contribution in [0.4, 0.5) is 0 Å². The van der Waals surface area contributed by atoms with Crippen LogP contribution in [0.1, 0.15) is 42.1 Å². The summed E-state index contributed by atoms with van der Waals surface area (Å²) in [5.74, 6) is 0.369. The second-order valence-corrected chi connectivity index (χ2v) is 7.70. The number of benzene rings is 2. The minimum Gasteiger partial charge on any atom is -0.497 e. The molecule has 1 saturated heterocycles. The van der Waals surface area contributed by atoms with Crippen molar-refractivity contribution in [3.05, 3.63) is 65.7 Å². The molecule has 2 aromatic carbocycles. The molecule has 1 heterocycles. The molecular weight excluding hydrogens is 350 g/mol. The smallest absolute Gasteiger partial charge is 0.173 e. The van der Waals surface area contributed by atoms with Gasteiger partial charge in [0.25, 0.3) is 0 Å². The zero-order chi connectivity index (χ0) is 19.9. The highest BCUT2D eigenvalue weighted by Gasteiger charge is 2.30. The molecule has 1 aliphatic rings. The lowest BCUT2D eigenvalue weighted by Crippen LogP contribution is -2.35. The number of carbonyl (C=O) groups excluding carboxylic acids is 2. The lowest BCUT2D eigenvalue weighted by atomic mass is 9.82. The van der Waals surface area contributed by atoms with E-state index in [0.717, 1.165) is 32.5 Å². The first-order chi connectivity index (χ1) is 13.6. The first kappa shape index (κ1) is 20.3. The van der Waals surface area contributed by atoms with Gasteiger partial charge in [-0.25, -0.2) is 0 Å². The van der Waals surface area contributed by atoms with Gasteiger partial charge in [-0.15, -0.1) is 0 Å². The molecule has 4 nitrogen and oxygen atoms in total. The fourth-order valence-corrected chi connectivity index (χ4v) is 3.99. The summed E-state index contributed by atoms with van der Waals surface area (Å²) in [5, 5.41) is 0. The summed E-state index contributed by atoms with van der Waals surface area (Å²) in [6, 6.07) is 17.6. The highest BCUT2D eigenvalue weighted by atomic mass is 16.5. The number of nitrogens with zero attached hydrogens (tertiary/aromatic N) is 1. The molecule has 148 valence electrons. The van der Waals surface area contributed by atoms with Gasteiger partial charge in [-0.3, -0.25) is 14.5 Å². The van der Waals surface area contributed by atoms with Crippen LogP contribution in [-0.4, -0.2) is 36.7 Å². The van der Waals surface area contributed by atoms with Gasteiger partial charge >= 0.3 is 0 Å². The van der Waals surface area contributed by atoms with Crippen molar-refractivity contribution < 1.29 is 14.3 Å². The third kappa shape index (κ3) is 5.29. The van der Waals surface area contributed by atoms with Gasteiger partial charge in [0.2, 0.25) is 0 Å². The summed E-state index contributed by atoms with van der Waals surface area (Å²) in [6.45, 7) is 4.52. The Morgan fingerprint density at radius 1 is 1.07 bits per heavy atom. The monoisotopic (exact) mass is 379 g/mol. The van der Waals surface area contributed by atoms with Gasteiger partial charge in [-0.1, -0.05) is 42.5 Å². The van der Waals surface area contributed by atoms with Crippen molar-refractivity contribution in [2.75, 3.05) is 20.2 Å². The molecule has 0 bridgehead atoms. The molecule has 2 aromatic rings. The highest BCUT2D eigenvalue weighted by molar-refractivity contribution is 6.10. The standard InChI is InChI=1S/C24H29NO3/c1-18(26)23(24(27)21-9-6-10-22(16-21)28-2)15-19-11-13-25(14-12-19)17-20-7-4-3-5-8-20/h3-10,16,19,23H,11-15,17H2,1-2H3.